The lowest BCUT2D eigenvalue weighted by Crippen LogP contribution is -2.48. The van der Waals surface area contributed by atoms with E-state index in [1.165, 1.54) is 17.6 Å². The molecule has 6 nitrogen and oxygen atoms in total. The summed E-state index contributed by atoms with van der Waals surface area (Å²) in [6.45, 7) is 3.34. The van der Waals surface area contributed by atoms with E-state index in [9.17, 15) is 13.2 Å². The molecular formula is C11H15BrN2O4S. The molecule has 0 bridgehead atoms. The third kappa shape index (κ3) is 4.27. The van der Waals surface area contributed by atoms with E-state index in [2.05, 4.69) is 20.7 Å². The van der Waals surface area contributed by atoms with Gasteiger partial charge in [0, 0.05) is 4.47 Å². The van der Waals surface area contributed by atoms with E-state index in [0.717, 1.165) is 4.47 Å². The first-order chi connectivity index (χ1) is 8.77. The first kappa shape index (κ1) is 16.1. The van der Waals surface area contributed by atoms with Crippen LogP contribution in [0.3, 0.4) is 0 Å². The number of benzene rings is 1. The van der Waals surface area contributed by atoms with Gasteiger partial charge < -0.3 is 0 Å². The van der Waals surface area contributed by atoms with Gasteiger partial charge in [0.25, 0.3) is 5.91 Å². The highest BCUT2D eigenvalue weighted by atomic mass is 79.9. The van der Waals surface area contributed by atoms with Crippen LogP contribution >= 0.6 is 15.9 Å². The molecule has 8 heteroatoms. The van der Waals surface area contributed by atoms with E-state index in [-0.39, 0.29) is 10.8 Å². The van der Waals surface area contributed by atoms with Crippen LogP contribution in [0.15, 0.2) is 33.6 Å². The van der Waals surface area contributed by atoms with Crippen molar-refractivity contribution in [2.24, 2.45) is 5.92 Å². The Hall–Kier alpha value is -0.960. The number of carbonyl (C=O) groups is 1. The second kappa shape index (κ2) is 6.47. The van der Waals surface area contributed by atoms with Crippen LogP contribution in [-0.2, 0) is 14.8 Å². The molecule has 1 aromatic carbocycles. The molecule has 0 spiro atoms. The zero-order valence-corrected chi connectivity index (χ0v) is 12.8. The van der Waals surface area contributed by atoms with Crippen molar-refractivity contribution in [2.45, 2.75) is 24.8 Å². The van der Waals surface area contributed by atoms with Crippen molar-refractivity contribution in [3.8, 4) is 0 Å². The Kier molecular flexibility index (Phi) is 5.48. The topological polar surface area (TPSA) is 95.5 Å². The van der Waals surface area contributed by atoms with Crippen molar-refractivity contribution in [3.63, 3.8) is 0 Å². The van der Waals surface area contributed by atoms with E-state index < -0.39 is 22.0 Å². The second-order valence-electron chi connectivity index (χ2n) is 4.27. The van der Waals surface area contributed by atoms with Gasteiger partial charge in [0.15, 0.2) is 0 Å². The highest BCUT2D eigenvalue weighted by Crippen LogP contribution is 2.16. The van der Waals surface area contributed by atoms with Gasteiger partial charge in [-0.3, -0.25) is 10.0 Å². The maximum atomic E-state index is 12.1. The summed E-state index contributed by atoms with van der Waals surface area (Å²) >= 11 is 3.21. The summed E-state index contributed by atoms with van der Waals surface area (Å²) in [4.78, 5) is 11.5. The van der Waals surface area contributed by atoms with E-state index in [1.54, 1.807) is 26.0 Å². The minimum atomic E-state index is -3.82. The smallest absolute Gasteiger partial charge is 0.261 e. The Morgan fingerprint density at radius 1 is 1.26 bits per heavy atom. The number of nitrogens with one attached hydrogen (secondary N) is 2. The van der Waals surface area contributed by atoms with Crippen LogP contribution in [-0.4, -0.2) is 25.6 Å². The predicted octanol–water partition coefficient (Wildman–Crippen LogP) is 1.26. The number of hydroxylamine groups is 1. The van der Waals surface area contributed by atoms with E-state index in [0.29, 0.717) is 0 Å². The van der Waals surface area contributed by atoms with Gasteiger partial charge in [0.1, 0.15) is 6.04 Å². The normalized spacial score (nSPS) is 13.3. The Bertz CT molecular complexity index is 542. The lowest BCUT2D eigenvalue weighted by atomic mass is 10.1. The average Bonchev–Trinajstić information content (AvgIpc) is 2.35. The van der Waals surface area contributed by atoms with Gasteiger partial charge in [-0.15, -0.1) is 0 Å². The predicted molar refractivity (Wildman–Crippen MR) is 73.0 cm³/mol. The zero-order chi connectivity index (χ0) is 14.6. The summed E-state index contributed by atoms with van der Waals surface area (Å²) in [5.74, 6) is -1.10. The van der Waals surface area contributed by atoms with Crippen LogP contribution < -0.4 is 10.2 Å². The number of amides is 1. The van der Waals surface area contributed by atoms with Gasteiger partial charge in [-0.2, -0.15) is 4.72 Å². The summed E-state index contributed by atoms with van der Waals surface area (Å²) in [5, 5.41) is 8.62. The molecule has 1 atom stereocenters. The fraction of sp³-hybridized carbons (Fsp3) is 0.364. The Morgan fingerprint density at radius 3 is 2.21 bits per heavy atom. The Morgan fingerprint density at radius 2 is 1.79 bits per heavy atom. The molecule has 1 aromatic rings. The maximum absolute atomic E-state index is 12.1. The molecule has 3 N–H and O–H groups in total. The first-order valence-corrected chi connectivity index (χ1v) is 7.77. The zero-order valence-electron chi connectivity index (χ0n) is 10.4. The fourth-order valence-electron chi connectivity index (χ4n) is 1.41. The van der Waals surface area contributed by atoms with Crippen LogP contribution in [0.2, 0.25) is 0 Å². The maximum Gasteiger partial charge on any atom is 0.261 e. The summed E-state index contributed by atoms with van der Waals surface area (Å²) in [7, 11) is -3.82. The molecule has 0 aliphatic carbocycles. The highest BCUT2D eigenvalue weighted by Gasteiger charge is 2.28. The Labute approximate surface area is 120 Å². The molecule has 0 saturated carbocycles. The van der Waals surface area contributed by atoms with Crippen LogP contribution in [0.1, 0.15) is 13.8 Å². The molecule has 0 aliphatic heterocycles. The molecule has 0 unspecified atom stereocenters. The lowest BCUT2D eigenvalue weighted by Gasteiger charge is -2.20. The standard InChI is InChI=1S/C11H15BrN2O4S/c1-7(2)10(11(15)13-16)14-19(17,18)9-5-3-8(12)4-6-9/h3-7,10,14,16H,1-2H3,(H,13,15)/t10-/m1/s1. The molecule has 1 rings (SSSR count). The number of hydrogen-bond donors (Lipinski definition) is 3. The van der Waals surface area contributed by atoms with Crippen molar-refractivity contribution < 1.29 is 18.4 Å². The molecule has 0 saturated heterocycles. The summed E-state index contributed by atoms with van der Waals surface area (Å²) < 4.78 is 27.2. The third-order valence-corrected chi connectivity index (χ3v) is 4.45. The second-order valence-corrected chi connectivity index (χ2v) is 6.90. The number of carbonyl (C=O) groups excluding carboxylic acids is 1. The van der Waals surface area contributed by atoms with Gasteiger partial charge in [-0.05, 0) is 30.2 Å². The minimum Gasteiger partial charge on any atom is -0.289 e. The number of sulfonamides is 1. The van der Waals surface area contributed by atoms with Crippen LogP contribution in [0.4, 0.5) is 0 Å². The van der Waals surface area contributed by atoms with Gasteiger partial charge in [0.05, 0.1) is 4.90 Å². The molecule has 0 heterocycles. The molecule has 0 fully saturated rings. The lowest BCUT2D eigenvalue weighted by molar-refractivity contribution is -0.131. The quantitative estimate of drug-likeness (QED) is 0.550. The number of hydrogen-bond acceptors (Lipinski definition) is 4. The highest BCUT2D eigenvalue weighted by molar-refractivity contribution is 9.10. The van der Waals surface area contributed by atoms with Gasteiger partial charge in [-0.25, -0.2) is 13.9 Å². The third-order valence-electron chi connectivity index (χ3n) is 2.47. The first-order valence-electron chi connectivity index (χ1n) is 5.50. The molecule has 0 aliphatic rings. The summed E-state index contributed by atoms with van der Waals surface area (Å²) in [6, 6.07) is 4.97. The van der Waals surface area contributed by atoms with Crippen LogP contribution in [0.5, 0.6) is 0 Å². The molecular weight excluding hydrogens is 336 g/mol. The molecule has 1 amide bonds. The van der Waals surface area contributed by atoms with E-state index in [4.69, 9.17) is 5.21 Å². The molecule has 0 aromatic heterocycles. The van der Waals surface area contributed by atoms with E-state index >= 15 is 0 Å². The minimum absolute atomic E-state index is 0.0482. The van der Waals surface area contributed by atoms with Gasteiger partial charge in [-0.1, -0.05) is 29.8 Å². The summed E-state index contributed by atoms with van der Waals surface area (Å²) in [6.07, 6.45) is 0. The van der Waals surface area contributed by atoms with Crippen molar-refractivity contribution in [3.05, 3.63) is 28.7 Å². The Balaban J connectivity index is 3.00. The summed E-state index contributed by atoms with van der Waals surface area (Å²) in [5.41, 5.74) is 1.46. The van der Waals surface area contributed by atoms with Crippen LogP contribution in [0.25, 0.3) is 0 Å². The average molecular weight is 351 g/mol. The fourth-order valence-corrected chi connectivity index (χ4v) is 3.02. The van der Waals surface area contributed by atoms with Gasteiger partial charge in [0.2, 0.25) is 10.0 Å². The van der Waals surface area contributed by atoms with Gasteiger partial charge >= 0.3 is 0 Å². The van der Waals surface area contributed by atoms with E-state index in [1.807, 2.05) is 0 Å². The van der Waals surface area contributed by atoms with Crippen molar-refractivity contribution in [1.82, 2.24) is 10.2 Å². The monoisotopic (exact) mass is 350 g/mol. The van der Waals surface area contributed by atoms with Crippen molar-refractivity contribution in [1.29, 1.82) is 0 Å². The molecule has 106 valence electrons. The SMILES string of the molecule is CC(C)[C@@H](NS(=O)(=O)c1ccc(Br)cc1)C(=O)NO. The van der Waals surface area contributed by atoms with Crippen molar-refractivity contribution >= 4 is 31.9 Å². The number of halogens is 1. The molecule has 19 heavy (non-hydrogen) atoms. The van der Waals surface area contributed by atoms with Crippen molar-refractivity contribution in [2.75, 3.05) is 0 Å². The van der Waals surface area contributed by atoms with Crippen LogP contribution in [0, 0.1) is 5.92 Å². The molecule has 0 radical (unpaired) electrons. The number of rotatable bonds is 5. The largest absolute Gasteiger partial charge is 0.289 e.